The van der Waals surface area contributed by atoms with Crippen molar-refractivity contribution in [3.05, 3.63) is 23.7 Å². The highest BCUT2D eigenvalue weighted by Gasteiger charge is 2.25. The molecule has 3 heteroatoms. The molecule has 1 fully saturated rings. The van der Waals surface area contributed by atoms with Crippen LogP contribution in [0.4, 0.5) is 0 Å². The van der Waals surface area contributed by atoms with E-state index in [9.17, 15) is 0 Å². The maximum atomic E-state index is 5.65. The molecule has 90 valence electrons. The van der Waals surface area contributed by atoms with Gasteiger partial charge in [-0.05, 0) is 44.4 Å². The molecule has 2 heterocycles. The summed E-state index contributed by atoms with van der Waals surface area (Å²) in [6, 6.07) is 4.68. The molecule has 1 saturated heterocycles. The molecular weight excluding hydrogens is 200 g/mol. The quantitative estimate of drug-likeness (QED) is 0.853. The molecule has 2 atom stereocenters. The van der Waals surface area contributed by atoms with Gasteiger partial charge < -0.3 is 10.2 Å². The molecular formula is C13H22N2O. The number of furan rings is 1. The highest BCUT2D eigenvalue weighted by atomic mass is 16.3. The van der Waals surface area contributed by atoms with Gasteiger partial charge in [0.2, 0.25) is 0 Å². The Balaban J connectivity index is 1.97. The zero-order valence-electron chi connectivity index (χ0n) is 10.3. The largest absolute Gasteiger partial charge is 0.463 e. The predicted octanol–water partition coefficient (Wildman–Crippen LogP) is 2.36. The number of likely N-dealkylation sites (tertiary alicyclic amines) is 1. The molecule has 1 aromatic rings. The Morgan fingerprint density at radius 3 is 2.81 bits per heavy atom. The molecule has 2 N–H and O–H groups in total. The molecule has 0 aromatic carbocycles. The van der Waals surface area contributed by atoms with Crippen LogP contribution in [0.1, 0.15) is 38.2 Å². The van der Waals surface area contributed by atoms with Crippen molar-refractivity contribution in [3.63, 3.8) is 0 Å². The van der Waals surface area contributed by atoms with Crippen LogP contribution in [0.3, 0.4) is 0 Å². The van der Waals surface area contributed by atoms with E-state index in [-0.39, 0.29) is 0 Å². The summed E-state index contributed by atoms with van der Waals surface area (Å²) in [5.74, 6) is 2.71. The molecule has 0 bridgehead atoms. The molecule has 1 aromatic heterocycles. The van der Waals surface area contributed by atoms with E-state index in [4.69, 9.17) is 10.2 Å². The molecule has 0 aliphatic carbocycles. The van der Waals surface area contributed by atoms with Crippen LogP contribution in [0.15, 0.2) is 16.5 Å². The van der Waals surface area contributed by atoms with Gasteiger partial charge in [0.25, 0.3) is 0 Å². The van der Waals surface area contributed by atoms with Crippen molar-refractivity contribution in [2.45, 2.75) is 45.8 Å². The number of rotatable bonds is 3. The first-order chi connectivity index (χ1) is 7.70. The highest BCUT2D eigenvalue weighted by molar-refractivity contribution is 5.07. The Morgan fingerprint density at radius 2 is 2.12 bits per heavy atom. The van der Waals surface area contributed by atoms with E-state index in [1.54, 1.807) is 0 Å². The minimum Gasteiger partial charge on any atom is -0.463 e. The van der Waals surface area contributed by atoms with Crippen LogP contribution in [0, 0.1) is 5.92 Å². The van der Waals surface area contributed by atoms with E-state index in [1.807, 2.05) is 12.1 Å². The first-order valence-electron chi connectivity index (χ1n) is 6.22. The standard InChI is InChI=1S/C13H22N2O/c1-10-4-3-7-15(11(10)2)9-13-6-5-12(8-14)16-13/h5-6,10-11H,3-4,7-9,14H2,1-2H3. The van der Waals surface area contributed by atoms with Crippen LogP contribution < -0.4 is 5.73 Å². The van der Waals surface area contributed by atoms with Gasteiger partial charge in [-0.3, -0.25) is 4.90 Å². The fourth-order valence-corrected chi connectivity index (χ4v) is 2.46. The summed E-state index contributed by atoms with van der Waals surface area (Å²) in [5.41, 5.74) is 5.54. The lowest BCUT2D eigenvalue weighted by atomic mass is 9.92. The Kier molecular flexibility index (Phi) is 3.66. The van der Waals surface area contributed by atoms with E-state index in [2.05, 4.69) is 18.7 Å². The normalized spacial score (nSPS) is 27.2. The second kappa shape index (κ2) is 5.02. The first kappa shape index (κ1) is 11.7. The van der Waals surface area contributed by atoms with E-state index >= 15 is 0 Å². The summed E-state index contributed by atoms with van der Waals surface area (Å²) < 4.78 is 5.65. The van der Waals surface area contributed by atoms with Gasteiger partial charge in [-0.2, -0.15) is 0 Å². The minimum atomic E-state index is 0.492. The molecule has 16 heavy (non-hydrogen) atoms. The van der Waals surface area contributed by atoms with Crippen LogP contribution in [-0.2, 0) is 13.1 Å². The lowest BCUT2D eigenvalue weighted by Crippen LogP contribution is -2.41. The Morgan fingerprint density at radius 1 is 1.38 bits per heavy atom. The average molecular weight is 222 g/mol. The van der Waals surface area contributed by atoms with Crippen molar-refractivity contribution in [1.29, 1.82) is 0 Å². The number of hydrogen-bond acceptors (Lipinski definition) is 3. The predicted molar refractivity (Wildman–Crippen MR) is 64.9 cm³/mol. The molecule has 3 nitrogen and oxygen atoms in total. The van der Waals surface area contributed by atoms with Crippen LogP contribution >= 0.6 is 0 Å². The Hall–Kier alpha value is -0.800. The van der Waals surface area contributed by atoms with Crippen molar-refractivity contribution < 1.29 is 4.42 Å². The SMILES string of the molecule is CC1CCCN(Cc2ccc(CN)o2)C1C. The van der Waals surface area contributed by atoms with Gasteiger partial charge in [-0.15, -0.1) is 0 Å². The van der Waals surface area contributed by atoms with Gasteiger partial charge in [-0.1, -0.05) is 6.92 Å². The summed E-state index contributed by atoms with van der Waals surface area (Å²) in [7, 11) is 0. The van der Waals surface area contributed by atoms with Gasteiger partial charge in [0, 0.05) is 6.04 Å². The van der Waals surface area contributed by atoms with E-state index in [0.717, 1.165) is 24.0 Å². The molecule has 2 rings (SSSR count). The number of piperidine rings is 1. The second-order valence-electron chi connectivity index (χ2n) is 4.90. The van der Waals surface area contributed by atoms with Gasteiger partial charge in [0.15, 0.2) is 0 Å². The van der Waals surface area contributed by atoms with Gasteiger partial charge in [0.05, 0.1) is 13.1 Å². The molecule has 0 amide bonds. The van der Waals surface area contributed by atoms with Gasteiger partial charge in [-0.25, -0.2) is 0 Å². The minimum absolute atomic E-state index is 0.492. The monoisotopic (exact) mass is 222 g/mol. The van der Waals surface area contributed by atoms with Crippen molar-refractivity contribution in [1.82, 2.24) is 4.90 Å². The molecule has 0 saturated carbocycles. The molecule has 1 aliphatic heterocycles. The molecule has 1 aliphatic rings. The first-order valence-corrected chi connectivity index (χ1v) is 6.22. The fraction of sp³-hybridized carbons (Fsp3) is 0.692. The number of hydrogen-bond donors (Lipinski definition) is 1. The van der Waals surface area contributed by atoms with E-state index < -0.39 is 0 Å². The average Bonchev–Trinajstić information content (AvgIpc) is 2.73. The summed E-state index contributed by atoms with van der Waals surface area (Å²) in [4.78, 5) is 2.51. The lowest BCUT2D eigenvalue weighted by Gasteiger charge is -2.37. The van der Waals surface area contributed by atoms with Crippen molar-refractivity contribution >= 4 is 0 Å². The highest BCUT2D eigenvalue weighted by Crippen LogP contribution is 2.24. The fourth-order valence-electron chi connectivity index (χ4n) is 2.46. The maximum Gasteiger partial charge on any atom is 0.118 e. The van der Waals surface area contributed by atoms with Crippen LogP contribution in [0.25, 0.3) is 0 Å². The van der Waals surface area contributed by atoms with Crippen LogP contribution in [0.2, 0.25) is 0 Å². The number of nitrogens with zero attached hydrogens (tertiary/aromatic N) is 1. The summed E-state index contributed by atoms with van der Waals surface area (Å²) in [6.45, 7) is 7.25. The van der Waals surface area contributed by atoms with E-state index in [0.29, 0.717) is 12.6 Å². The third-order valence-corrected chi connectivity index (χ3v) is 3.78. The van der Waals surface area contributed by atoms with Crippen molar-refractivity contribution in [3.8, 4) is 0 Å². The van der Waals surface area contributed by atoms with E-state index in [1.165, 1.54) is 19.4 Å². The summed E-state index contributed by atoms with van der Waals surface area (Å²) in [5, 5.41) is 0. The second-order valence-corrected chi connectivity index (χ2v) is 4.90. The topological polar surface area (TPSA) is 42.4 Å². The Labute approximate surface area is 97.6 Å². The summed E-state index contributed by atoms with van der Waals surface area (Å²) in [6.07, 6.45) is 2.65. The zero-order valence-corrected chi connectivity index (χ0v) is 10.3. The lowest BCUT2D eigenvalue weighted by molar-refractivity contribution is 0.0982. The molecule has 0 radical (unpaired) electrons. The Bertz CT molecular complexity index is 334. The molecule has 0 spiro atoms. The van der Waals surface area contributed by atoms with Crippen LogP contribution in [-0.4, -0.2) is 17.5 Å². The molecule has 2 unspecified atom stereocenters. The summed E-state index contributed by atoms with van der Waals surface area (Å²) >= 11 is 0. The maximum absolute atomic E-state index is 5.65. The zero-order chi connectivity index (χ0) is 11.5. The van der Waals surface area contributed by atoms with Gasteiger partial charge in [0.1, 0.15) is 11.5 Å². The van der Waals surface area contributed by atoms with Gasteiger partial charge >= 0.3 is 0 Å². The number of nitrogens with two attached hydrogens (primary N) is 1. The van der Waals surface area contributed by atoms with Crippen molar-refractivity contribution in [2.24, 2.45) is 11.7 Å². The third kappa shape index (κ3) is 2.47. The van der Waals surface area contributed by atoms with Crippen LogP contribution in [0.5, 0.6) is 0 Å². The van der Waals surface area contributed by atoms with Crippen molar-refractivity contribution in [2.75, 3.05) is 6.54 Å². The third-order valence-electron chi connectivity index (χ3n) is 3.78. The smallest absolute Gasteiger partial charge is 0.118 e.